The number of nitrogens with zero attached hydrogens (tertiary/aromatic N) is 1. The van der Waals surface area contributed by atoms with Crippen molar-refractivity contribution in [3.8, 4) is 17.0 Å². The van der Waals surface area contributed by atoms with E-state index in [4.69, 9.17) is 4.74 Å². The zero-order valence-corrected chi connectivity index (χ0v) is 13.1. The van der Waals surface area contributed by atoms with Crippen LogP contribution in [-0.2, 0) is 0 Å². The molecule has 0 radical (unpaired) electrons. The maximum absolute atomic E-state index is 13.4. The van der Waals surface area contributed by atoms with Gasteiger partial charge < -0.3 is 4.74 Å². The van der Waals surface area contributed by atoms with Gasteiger partial charge in [0.25, 0.3) is 5.91 Å². The third-order valence-corrected chi connectivity index (χ3v) is 4.39. The van der Waals surface area contributed by atoms with Crippen LogP contribution >= 0.6 is 22.7 Å². The molecule has 0 atom stereocenters. The highest BCUT2D eigenvalue weighted by molar-refractivity contribution is 7.14. The number of ether oxygens (including phenoxy) is 1. The molecular weight excluding hydrogens is 323 g/mol. The van der Waals surface area contributed by atoms with E-state index in [1.54, 1.807) is 22.9 Å². The number of hydrogen-bond acceptors (Lipinski definition) is 5. The maximum atomic E-state index is 13.4. The second-order valence-electron chi connectivity index (χ2n) is 4.35. The molecule has 1 amide bonds. The van der Waals surface area contributed by atoms with E-state index in [2.05, 4.69) is 10.3 Å². The van der Waals surface area contributed by atoms with Gasteiger partial charge in [0.1, 0.15) is 11.6 Å². The van der Waals surface area contributed by atoms with Crippen LogP contribution in [0.2, 0.25) is 0 Å². The van der Waals surface area contributed by atoms with Crippen molar-refractivity contribution in [3.63, 3.8) is 0 Å². The largest absolute Gasteiger partial charge is 0.496 e. The minimum absolute atomic E-state index is 0.214. The smallest absolute Gasteiger partial charge is 0.258 e. The number of methoxy groups -OCH3 is 1. The summed E-state index contributed by atoms with van der Waals surface area (Å²) >= 11 is 2.73. The highest BCUT2D eigenvalue weighted by atomic mass is 32.1. The number of hydrogen-bond donors (Lipinski definition) is 1. The molecule has 22 heavy (non-hydrogen) atoms. The zero-order valence-electron chi connectivity index (χ0n) is 11.5. The predicted octanol–water partition coefficient (Wildman–Crippen LogP) is 4.27. The van der Waals surface area contributed by atoms with Crippen LogP contribution in [0.5, 0.6) is 5.75 Å². The van der Waals surface area contributed by atoms with Crippen LogP contribution in [0.1, 0.15) is 10.4 Å². The van der Waals surface area contributed by atoms with E-state index in [0.717, 1.165) is 0 Å². The number of carbonyl (C=O) groups is 1. The Morgan fingerprint density at radius 2 is 2.18 bits per heavy atom. The van der Waals surface area contributed by atoms with Crippen molar-refractivity contribution >= 4 is 33.7 Å². The lowest BCUT2D eigenvalue weighted by molar-refractivity contribution is 0.102. The van der Waals surface area contributed by atoms with Crippen LogP contribution in [0.4, 0.5) is 9.52 Å². The molecule has 7 heteroatoms. The summed E-state index contributed by atoms with van der Waals surface area (Å²) in [7, 11) is 1.52. The summed E-state index contributed by atoms with van der Waals surface area (Å²) < 4.78 is 18.6. The SMILES string of the molecule is COc1ccc(F)cc1-c1csc(NC(=O)c2ccsc2)n1. The Balaban J connectivity index is 1.85. The summed E-state index contributed by atoms with van der Waals surface area (Å²) in [5.41, 5.74) is 1.70. The number of thiazole rings is 1. The first-order chi connectivity index (χ1) is 10.7. The van der Waals surface area contributed by atoms with Crippen molar-refractivity contribution in [1.29, 1.82) is 0 Å². The van der Waals surface area contributed by atoms with E-state index in [1.165, 1.54) is 41.9 Å². The topological polar surface area (TPSA) is 51.2 Å². The third kappa shape index (κ3) is 3.00. The van der Waals surface area contributed by atoms with Crippen LogP contribution in [-0.4, -0.2) is 18.0 Å². The number of nitrogens with one attached hydrogen (secondary N) is 1. The Kier molecular flexibility index (Phi) is 4.17. The molecule has 112 valence electrons. The number of halogens is 1. The van der Waals surface area contributed by atoms with Crippen molar-refractivity contribution in [2.75, 3.05) is 12.4 Å². The minimum atomic E-state index is -0.368. The highest BCUT2D eigenvalue weighted by Crippen LogP contribution is 2.32. The van der Waals surface area contributed by atoms with Gasteiger partial charge in [-0.15, -0.1) is 11.3 Å². The number of aromatic nitrogens is 1. The Morgan fingerprint density at radius 1 is 1.32 bits per heavy atom. The molecule has 0 bridgehead atoms. The van der Waals surface area contributed by atoms with Gasteiger partial charge in [0.2, 0.25) is 0 Å². The fourth-order valence-electron chi connectivity index (χ4n) is 1.90. The highest BCUT2D eigenvalue weighted by Gasteiger charge is 2.13. The standard InChI is InChI=1S/C15H11FN2O2S2/c1-20-13-3-2-10(16)6-11(13)12-8-22-15(17-12)18-14(19)9-4-5-21-7-9/h2-8H,1H3,(H,17,18,19). The predicted molar refractivity (Wildman–Crippen MR) is 86.3 cm³/mol. The second kappa shape index (κ2) is 6.25. The molecular formula is C15H11FN2O2S2. The first-order valence-corrected chi connectivity index (χ1v) is 8.12. The van der Waals surface area contributed by atoms with Gasteiger partial charge in [-0.25, -0.2) is 9.37 Å². The molecule has 2 heterocycles. The van der Waals surface area contributed by atoms with Gasteiger partial charge in [-0.05, 0) is 29.6 Å². The van der Waals surface area contributed by atoms with Crippen molar-refractivity contribution in [1.82, 2.24) is 4.98 Å². The number of rotatable bonds is 4. The summed E-state index contributed by atoms with van der Waals surface area (Å²) in [6, 6.07) is 5.98. The lowest BCUT2D eigenvalue weighted by Crippen LogP contribution is -2.10. The van der Waals surface area contributed by atoms with Crippen LogP contribution in [0.25, 0.3) is 11.3 Å². The van der Waals surface area contributed by atoms with Crippen molar-refractivity contribution in [2.24, 2.45) is 0 Å². The molecule has 1 aromatic carbocycles. The number of thiophene rings is 1. The van der Waals surface area contributed by atoms with Gasteiger partial charge in [-0.1, -0.05) is 0 Å². The molecule has 0 unspecified atom stereocenters. The number of amides is 1. The first kappa shape index (κ1) is 14.7. The lowest BCUT2D eigenvalue weighted by atomic mass is 10.1. The summed E-state index contributed by atoms with van der Waals surface area (Å²) in [5.74, 6) is -0.0524. The summed E-state index contributed by atoms with van der Waals surface area (Å²) in [4.78, 5) is 16.3. The summed E-state index contributed by atoms with van der Waals surface area (Å²) in [6.45, 7) is 0. The van der Waals surface area contributed by atoms with Crippen LogP contribution in [0, 0.1) is 5.82 Å². The number of benzene rings is 1. The zero-order chi connectivity index (χ0) is 15.5. The van der Waals surface area contributed by atoms with Gasteiger partial charge in [0.15, 0.2) is 5.13 Å². The monoisotopic (exact) mass is 334 g/mol. The Morgan fingerprint density at radius 3 is 2.91 bits per heavy atom. The molecule has 0 aliphatic rings. The Labute approximate surface area is 134 Å². The average molecular weight is 334 g/mol. The molecule has 0 aliphatic heterocycles. The molecule has 2 aromatic heterocycles. The van der Waals surface area contributed by atoms with Gasteiger partial charge >= 0.3 is 0 Å². The summed E-state index contributed by atoms with van der Waals surface area (Å²) in [5, 5.41) is 8.53. The van der Waals surface area contributed by atoms with Gasteiger partial charge in [-0.3, -0.25) is 10.1 Å². The van der Waals surface area contributed by atoms with Crippen LogP contribution < -0.4 is 10.1 Å². The number of carbonyl (C=O) groups excluding carboxylic acids is 1. The maximum Gasteiger partial charge on any atom is 0.258 e. The molecule has 0 spiro atoms. The summed E-state index contributed by atoms with van der Waals surface area (Å²) in [6.07, 6.45) is 0. The van der Waals surface area contributed by atoms with E-state index >= 15 is 0 Å². The molecule has 4 nitrogen and oxygen atoms in total. The van der Waals surface area contributed by atoms with E-state index in [0.29, 0.717) is 27.7 Å². The van der Waals surface area contributed by atoms with Gasteiger partial charge in [0, 0.05) is 16.3 Å². The fraction of sp³-hybridized carbons (Fsp3) is 0.0667. The van der Waals surface area contributed by atoms with Crippen LogP contribution in [0.3, 0.4) is 0 Å². The molecule has 0 saturated carbocycles. The lowest BCUT2D eigenvalue weighted by Gasteiger charge is -2.05. The molecule has 0 aliphatic carbocycles. The average Bonchev–Trinajstić information content (AvgIpc) is 3.18. The van der Waals surface area contributed by atoms with Crippen molar-refractivity contribution < 1.29 is 13.9 Å². The quantitative estimate of drug-likeness (QED) is 0.775. The molecule has 3 aromatic rings. The van der Waals surface area contributed by atoms with E-state index in [9.17, 15) is 9.18 Å². The van der Waals surface area contributed by atoms with Crippen molar-refractivity contribution in [2.45, 2.75) is 0 Å². The van der Waals surface area contributed by atoms with Crippen LogP contribution in [0.15, 0.2) is 40.4 Å². The molecule has 3 rings (SSSR count). The van der Waals surface area contributed by atoms with Crippen molar-refractivity contribution in [3.05, 3.63) is 51.8 Å². The minimum Gasteiger partial charge on any atom is -0.496 e. The Hall–Kier alpha value is -2.25. The Bertz CT molecular complexity index is 800. The first-order valence-electron chi connectivity index (χ1n) is 6.30. The van der Waals surface area contributed by atoms with E-state index in [1.807, 2.05) is 5.38 Å². The van der Waals surface area contributed by atoms with Gasteiger partial charge in [0.05, 0.1) is 18.4 Å². The van der Waals surface area contributed by atoms with Gasteiger partial charge in [-0.2, -0.15) is 11.3 Å². The fourth-order valence-corrected chi connectivity index (χ4v) is 3.24. The second-order valence-corrected chi connectivity index (χ2v) is 5.99. The number of anilines is 1. The molecule has 1 N–H and O–H groups in total. The molecule has 0 fully saturated rings. The molecule has 0 saturated heterocycles. The van der Waals surface area contributed by atoms with E-state index < -0.39 is 0 Å². The van der Waals surface area contributed by atoms with E-state index in [-0.39, 0.29) is 11.7 Å². The normalized spacial score (nSPS) is 10.5. The third-order valence-electron chi connectivity index (χ3n) is 2.95.